The number of hydrogen-bond donors (Lipinski definition) is 2. The smallest absolute Gasteiger partial charge is 0.0983 e. The Balaban J connectivity index is 2.18. The molecule has 74 valence electrons. The molecule has 3 rings (SSSR count). The van der Waals surface area contributed by atoms with Gasteiger partial charge in [0.2, 0.25) is 0 Å². The lowest BCUT2D eigenvalue weighted by Gasteiger charge is -2.57. The number of aliphatic hydroxyl groups excluding tert-OH is 2. The van der Waals surface area contributed by atoms with Crippen LogP contribution in [0, 0.1) is 17.3 Å². The average molecular weight is 182 g/mol. The first-order chi connectivity index (χ1) is 6.07. The predicted octanol–water partition coefficient (Wildman–Crippen LogP) is 1.33. The van der Waals surface area contributed by atoms with Crippen LogP contribution in [0.1, 0.15) is 26.7 Å². The summed E-state index contributed by atoms with van der Waals surface area (Å²) < 4.78 is 0. The standard InChI is InChI=1S/C11H18O2/c1-11(2)7-3-4-8(9(11)5-7)10(13)6-12/h4,7,9-10,12-13H,3,5-6H2,1-2H3. The van der Waals surface area contributed by atoms with E-state index in [0.29, 0.717) is 11.3 Å². The van der Waals surface area contributed by atoms with E-state index in [4.69, 9.17) is 5.11 Å². The van der Waals surface area contributed by atoms with Crippen LogP contribution < -0.4 is 0 Å². The molecule has 3 aliphatic carbocycles. The molecule has 0 aromatic heterocycles. The maximum absolute atomic E-state index is 9.59. The Labute approximate surface area is 79.3 Å². The number of rotatable bonds is 2. The molecule has 0 spiro atoms. The van der Waals surface area contributed by atoms with E-state index in [9.17, 15) is 5.11 Å². The van der Waals surface area contributed by atoms with Crippen molar-refractivity contribution in [3.8, 4) is 0 Å². The minimum absolute atomic E-state index is 0.136. The van der Waals surface area contributed by atoms with E-state index in [-0.39, 0.29) is 6.61 Å². The molecular formula is C11H18O2. The largest absolute Gasteiger partial charge is 0.393 e. The van der Waals surface area contributed by atoms with Crippen molar-refractivity contribution in [1.29, 1.82) is 0 Å². The second-order valence-corrected chi connectivity index (χ2v) is 4.94. The van der Waals surface area contributed by atoms with Crippen LogP contribution in [0.5, 0.6) is 0 Å². The topological polar surface area (TPSA) is 40.5 Å². The highest BCUT2D eigenvalue weighted by Gasteiger charge is 2.52. The van der Waals surface area contributed by atoms with Gasteiger partial charge in [0, 0.05) is 0 Å². The van der Waals surface area contributed by atoms with Gasteiger partial charge in [0.05, 0.1) is 12.7 Å². The van der Waals surface area contributed by atoms with Crippen LogP contribution in [-0.4, -0.2) is 22.9 Å². The van der Waals surface area contributed by atoms with Crippen molar-refractivity contribution in [2.75, 3.05) is 6.61 Å². The molecular weight excluding hydrogens is 164 g/mol. The molecule has 2 bridgehead atoms. The van der Waals surface area contributed by atoms with E-state index in [1.165, 1.54) is 6.42 Å². The first-order valence-corrected chi connectivity index (χ1v) is 5.06. The van der Waals surface area contributed by atoms with Crippen molar-refractivity contribution < 1.29 is 10.2 Å². The summed E-state index contributed by atoms with van der Waals surface area (Å²) in [6, 6.07) is 0. The lowest BCUT2D eigenvalue weighted by Crippen LogP contribution is -2.50. The molecule has 0 aliphatic heterocycles. The van der Waals surface area contributed by atoms with Crippen molar-refractivity contribution in [2.45, 2.75) is 32.8 Å². The lowest BCUT2D eigenvalue weighted by molar-refractivity contribution is -0.0271. The van der Waals surface area contributed by atoms with Gasteiger partial charge in [-0.3, -0.25) is 0 Å². The summed E-state index contributed by atoms with van der Waals surface area (Å²) >= 11 is 0. The predicted molar refractivity (Wildman–Crippen MR) is 51.2 cm³/mol. The molecule has 3 aliphatic rings. The SMILES string of the molecule is CC1(C)C2CC=C(C(O)CO)C1C2. The molecule has 0 aromatic carbocycles. The lowest BCUT2D eigenvalue weighted by atomic mass is 9.48. The Kier molecular flexibility index (Phi) is 2.00. The first-order valence-electron chi connectivity index (χ1n) is 5.06. The second-order valence-electron chi connectivity index (χ2n) is 4.94. The number of hydrogen-bond acceptors (Lipinski definition) is 2. The monoisotopic (exact) mass is 182 g/mol. The minimum atomic E-state index is -0.620. The van der Waals surface area contributed by atoms with Gasteiger partial charge in [0.15, 0.2) is 0 Å². The zero-order valence-corrected chi connectivity index (χ0v) is 8.33. The maximum Gasteiger partial charge on any atom is 0.0983 e. The quantitative estimate of drug-likeness (QED) is 0.632. The first kappa shape index (κ1) is 9.22. The van der Waals surface area contributed by atoms with Gasteiger partial charge in [-0.15, -0.1) is 0 Å². The Hall–Kier alpha value is -0.340. The molecule has 0 aromatic rings. The fourth-order valence-corrected chi connectivity index (χ4v) is 2.88. The average Bonchev–Trinajstić information content (AvgIpc) is 2.16. The molecule has 2 nitrogen and oxygen atoms in total. The fourth-order valence-electron chi connectivity index (χ4n) is 2.88. The maximum atomic E-state index is 9.59. The van der Waals surface area contributed by atoms with Gasteiger partial charge in [0.25, 0.3) is 0 Å². The third kappa shape index (κ3) is 1.16. The van der Waals surface area contributed by atoms with Gasteiger partial charge >= 0.3 is 0 Å². The third-order valence-corrected chi connectivity index (χ3v) is 4.07. The van der Waals surface area contributed by atoms with Crippen LogP contribution in [0.25, 0.3) is 0 Å². The number of aliphatic hydroxyl groups is 2. The van der Waals surface area contributed by atoms with E-state index >= 15 is 0 Å². The molecule has 2 heteroatoms. The molecule has 13 heavy (non-hydrogen) atoms. The molecule has 0 heterocycles. The van der Waals surface area contributed by atoms with Crippen LogP contribution in [0.3, 0.4) is 0 Å². The van der Waals surface area contributed by atoms with Crippen LogP contribution in [0.2, 0.25) is 0 Å². The summed E-state index contributed by atoms with van der Waals surface area (Å²) in [5.41, 5.74) is 1.43. The zero-order chi connectivity index (χ0) is 9.64. The van der Waals surface area contributed by atoms with Crippen LogP contribution in [0.15, 0.2) is 11.6 Å². The molecule has 1 fully saturated rings. The van der Waals surface area contributed by atoms with Crippen LogP contribution >= 0.6 is 0 Å². The summed E-state index contributed by atoms with van der Waals surface area (Å²) in [6.07, 6.45) is 3.79. The molecule has 2 N–H and O–H groups in total. The summed E-state index contributed by atoms with van der Waals surface area (Å²) in [6.45, 7) is 4.40. The van der Waals surface area contributed by atoms with Crippen molar-refractivity contribution in [3.63, 3.8) is 0 Å². The van der Waals surface area contributed by atoms with E-state index in [0.717, 1.165) is 17.9 Å². The summed E-state index contributed by atoms with van der Waals surface area (Å²) in [4.78, 5) is 0. The molecule has 0 amide bonds. The van der Waals surface area contributed by atoms with E-state index in [1.54, 1.807) is 0 Å². The van der Waals surface area contributed by atoms with E-state index < -0.39 is 6.10 Å². The second kappa shape index (κ2) is 2.82. The van der Waals surface area contributed by atoms with Gasteiger partial charge in [-0.05, 0) is 35.7 Å². The fraction of sp³-hybridized carbons (Fsp3) is 0.818. The Morgan fingerprint density at radius 2 is 2.31 bits per heavy atom. The molecule has 3 atom stereocenters. The summed E-state index contributed by atoms with van der Waals surface area (Å²) in [5.74, 6) is 1.31. The molecule has 3 unspecified atom stereocenters. The van der Waals surface area contributed by atoms with E-state index in [1.807, 2.05) is 0 Å². The van der Waals surface area contributed by atoms with Gasteiger partial charge in [-0.1, -0.05) is 19.9 Å². The Morgan fingerprint density at radius 1 is 1.62 bits per heavy atom. The minimum Gasteiger partial charge on any atom is -0.393 e. The van der Waals surface area contributed by atoms with Crippen LogP contribution in [0.4, 0.5) is 0 Å². The summed E-state index contributed by atoms with van der Waals surface area (Å²) in [7, 11) is 0. The third-order valence-electron chi connectivity index (χ3n) is 4.07. The Bertz CT molecular complexity index is 242. The zero-order valence-electron chi connectivity index (χ0n) is 8.33. The van der Waals surface area contributed by atoms with Crippen LogP contribution in [-0.2, 0) is 0 Å². The van der Waals surface area contributed by atoms with Gasteiger partial charge in [0.1, 0.15) is 0 Å². The van der Waals surface area contributed by atoms with Gasteiger partial charge < -0.3 is 10.2 Å². The van der Waals surface area contributed by atoms with E-state index in [2.05, 4.69) is 19.9 Å². The van der Waals surface area contributed by atoms with Crippen molar-refractivity contribution in [3.05, 3.63) is 11.6 Å². The number of fused-ring (bicyclic) bond motifs is 1. The molecule has 0 saturated heterocycles. The van der Waals surface area contributed by atoms with Crippen molar-refractivity contribution in [2.24, 2.45) is 17.3 Å². The number of allylic oxidation sites excluding steroid dienone is 1. The highest BCUT2D eigenvalue weighted by Crippen LogP contribution is 2.59. The van der Waals surface area contributed by atoms with Gasteiger partial charge in [-0.25, -0.2) is 0 Å². The Morgan fingerprint density at radius 3 is 2.77 bits per heavy atom. The highest BCUT2D eigenvalue weighted by atomic mass is 16.3. The summed E-state index contributed by atoms with van der Waals surface area (Å²) in [5, 5.41) is 18.5. The molecule has 1 saturated carbocycles. The van der Waals surface area contributed by atoms with Gasteiger partial charge in [-0.2, -0.15) is 0 Å². The highest BCUT2D eigenvalue weighted by molar-refractivity contribution is 5.26. The normalized spacial score (nSPS) is 37.7. The molecule has 0 radical (unpaired) electrons. The van der Waals surface area contributed by atoms with Crippen molar-refractivity contribution in [1.82, 2.24) is 0 Å². The van der Waals surface area contributed by atoms with Crippen molar-refractivity contribution >= 4 is 0 Å².